The van der Waals surface area contributed by atoms with Gasteiger partial charge < -0.3 is 0 Å². The second-order valence-corrected chi connectivity index (χ2v) is 10.3. The maximum absolute atomic E-state index is 4.89. The smallest absolute Gasteiger partial charge is 0.0707 e. The lowest BCUT2D eigenvalue weighted by Crippen LogP contribution is -2.42. The fraction of sp³-hybridized carbons (Fsp3) is 0.393. The van der Waals surface area contributed by atoms with Crippen LogP contribution in [-0.4, -0.2) is 4.98 Å². The molecule has 0 N–H and O–H groups in total. The van der Waals surface area contributed by atoms with E-state index in [2.05, 4.69) is 104 Å². The van der Waals surface area contributed by atoms with Gasteiger partial charge >= 0.3 is 0 Å². The van der Waals surface area contributed by atoms with Crippen LogP contribution < -0.4 is 0 Å². The quantitative estimate of drug-likeness (QED) is 0.443. The Morgan fingerprint density at radius 1 is 0.655 bits per heavy atom. The minimum atomic E-state index is 0.104. The van der Waals surface area contributed by atoms with E-state index in [4.69, 9.17) is 4.98 Å². The standard InChI is InChI=1S/C28H33N/c1-18-14-23-24(27(5,6)28(7,8)26(23,3)4)16-21(18)25-15-19(2)22(17-29-25)20-12-10-9-11-13-20/h9-17H,1-8H3. The summed E-state index contributed by atoms with van der Waals surface area (Å²) < 4.78 is 0. The molecule has 0 saturated carbocycles. The molecule has 1 aliphatic rings. The Bertz CT molecular complexity index is 1080. The third-order valence-corrected chi connectivity index (χ3v) is 8.31. The largest absolute Gasteiger partial charge is 0.256 e. The van der Waals surface area contributed by atoms with Gasteiger partial charge in [0.2, 0.25) is 0 Å². The Morgan fingerprint density at radius 3 is 1.79 bits per heavy atom. The molecular weight excluding hydrogens is 350 g/mol. The van der Waals surface area contributed by atoms with Crippen LogP contribution in [0.3, 0.4) is 0 Å². The van der Waals surface area contributed by atoms with Gasteiger partial charge in [0.25, 0.3) is 0 Å². The van der Waals surface area contributed by atoms with Gasteiger partial charge in [-0.05, 0) is 70.0 Å². The molecule has 2 aromatic carbocycles. The van der Waals surface area contributed by atoms with Gasteiger partial charge in [-0.25, -0.2) is 0 Å². The van der Waals surface area contributed by atoms with Crippen LogP contribution in [0.2, 0.25) is 0 Å². The number of pyridine rings is 1. The topological polar surface area (TPSA) is 12.9 Å². The van der Waals surface area contributed by atoms with E-state index in [1.807, 2.05) is 6.20 Å². The molecule has 0 amide bonds. The van der Waals surface area contributed by atoms with Crippen molar-refractivity contribution in [3.8, 4) is 22.4 Å². The molecule has 0 radical (unpaired) electrons. The van der Waals surface area contributed by atoms with Crippen molar-refractivity contribution in [1.29, 1.82) is 0 Å². The molecule has 1 heteroatoms. The number of nitrogens with zero attached hydrogens (tertiary/aromatic N) is 1. The molecule has 4 rings (SSSR count). The lowest BCUT2D eigenvalue weighted by molar-refractivity contribution is 0.125. The summed E-state index contributed by atoms with van der Waals surface area (Å²) in [6, 6.07) is 17.6. The third-order valence-electron chi connectivity index (χ3n) is 8.31. The first kappa shape index (κ1) is 19.9. The van der Waals surface area contributed by atoms with Gasteiger partial charge in [-0.15, -0.1) is 0 Å². The third kappa shape index (κ3) is 2.70. The first-order valence-electron chi connectivity index (χ1n) is 10.7. The average molecular weight is 384 g/mol. The zero-order chi connectivity index (χ0) is 21.2. The number of benzene rings is 2. The summed E-state index contributed by atoms with van der Waals surface area (Å²) in [6.45, 7) is 18.8. The molecule has 1 nitrogen and oxygen atoms in total. The van der Waals surface area contributed by atoms with E-state index in [0.29, 0.717) is 0 Å². The minimum Gasteiger partial charge on any atom is -0.256 e. The molecule has 29 heavy (non-hydrogen) atoms. The first-order chi connectivity index (χ1) is 13.5. The summed E-state index contributed by atoms with van der Waals surface area (Å²) >= 11 is 0. The van der Waals surface area contributed by atoms with Gasteiger partial charge in [-0.1, -0.05) is 77.9 Å². The van der Waals surface area contributed by atoms with Gasteiger partial charge in [0.1, 0.15) is 0 Å². The highest BCUT2D eigenvalue weighted by atomic mass is 14.7. The Morgan fingerprint density at radius 2 is 1.21 bits per heavy atom. The predicted octanol–water partition coefficient (Wildman–Crippen LogP) is 7.63. The van der Waals surface area contributed by atoms with Gasteiger partial charge in [0, 0.05) is 17.3 Å². The molecule has 0 atom stereocenters. The molecule has 0 bridgehead atoms. The van der Waals surface area contributed by atoms with Crippen molar-refractivity contribution < 1.29 is 0 Å². The summed E-state index contributed by atoms with van der Waals surface area (Å²) in [5, 5.41) is 0. The van der Waals surface area contributed by atoms with Gasteiger partial charge in [0.05, 0.1) is 5.69 Å². The van der Waals surface area contributed by atoms with E-state index in [9.17, 15) is 0 Å². The summed E-state index contributed by atoms with van der Waals surface area (Å²) in [6.07, 6.45) is 2.03. The van der Waals surface area contributed by atoms with Crippen LogP contribution >= 0.6 is 0 Å². The van der Waals surface area contributed by atoms with Crippen molar-refractivity contribution in [1.82, 2.24) is 4.98 Å². The molecule has 1 aliphatic carbocycles. The van der Waals surface area contributed by atoms with Crippen molar-refractivity contribution in [2.24, 2.45) is 5.41 Å². The van der Waals surface area contributed by atoms with Gasteiger partial charge in [-0.3, -0.25) is 4.98 Å². The van der Waals surface area contributed by atoms with E-state index in [-0.39, 0.29) is 16.2 Å². The molecule has 0 fully saturated rings. The maximum atomic E-state index is 4.89. The Labute approximate surface area is 176 Å². The number of aromatic nitrogens is 1. The lowest BCUT2D eigenvalue weighted by atomic mass is 9.59. The molecular formula is C28H33N. The Hall–Kier alpha value is -2.41. The van der Waals surface area contributed by atoms with Gasteiger partial charge in [0.15, 0.2) is 0 Å². The average Bonchev–Trinajstić information content (AvgIpc) is 2.77. The second kappa shape index (κ2) is 6.29. The molecule has 150 valence electrons. The first-order valence-corrected chi connectivity index (χ1v) is 10.7. The number of rotatable bonds is 2. The zero-order valence-corrected chi connectivity index (χ0v) is 19.1. The van der Waals surface area contributed by atoms with Crippen LogP contribution in [0, 0.1) is 19.3 Å². The maximum Gasteiger partial charge on any atom is 0.0707 e. The summed E-state index contributed by atoms with van der Waals surface area (Å²) in [7, 11) is 0. The van der Waals surface area contributed by atoms with Crippen molar-refractivity contribution in [2.45, 2.75) is 66.2 Å². The normalized spacial score (nSPS) is 18.5. The molecule has 3 aromatic rings. The fourth-order valence-electron chi connectivity index (χ4n) is 5.10. The van der Waals surface area contributed by atoms with Crippen molar-refractivity contribution >= 4 is 0 Å². The number of hydrogen-bond acceptors (Lipinski definition) is 1. The molecule has 1 aromatic heterocycles. The number of aryl methyl sites for hydroxylation is 2. The van der Waals surface area contributed by atoms with E-state index < -0.39 is 0 Å². The van der Waals surface area contributed by atoms with Gasteiger partial charge in [-0.2, -0.15) is 0 Å². The Balaban J connectivity index is 1.86. The number of hydrogen-bond donors (Lipinski definition) is 0. The van der Waals surface area contributed by atoms with E-state index in [1.165, 1.54) is 38.9 Å². The second-order valence-electron chi connectivity index (χ2n) is 10.3. The van der Waals surface area contributed by atoms with Crippen LogP contribution in [0.1, 0.15) is 63.8 Å². The van der Waals surface area contributed by atoms with Crippen LogP contribution in [0.25, 0.3) is 22.4 Å². The van der Waals surface area contributed by atoms with Crippen molar-refractivity contribution in [2.75, 3.05) is 0 Å². The van der Waals surface area contributed by atoms with Crippen LogP contribution in [0.15, 0.2) is 54.7 Å². The van der Waals surface area contributed by atoms with Crippen molar-refractivity contribution in [3.63, 3.8) is 0 Å². The van der Waals surface area contributed by atoms with Crippen LogP contribution in [0.4, 0.5) is 0 Å². The molecule has 1 heterocycles. The molecule has 0 spiro atoms. The van der Waals surface area contributed by atoms with Crippen LogP contribution in [-0.2, 0) is 10.8 Å². The summed E-state index contributed by atoms with van der Waals surface area (Å²) in [5.74, 6) is 0. The summed E-state index contributed by atoms with van der Waals surface area (Å²) in [4.78, 5) is 4.89. The number of fused-ring (bicyclic) bond motifs is 1. The SMILES string of the molecule is Cc1cc(-c2cc3c(cc2C)C(C)(C)C(C)(C)C3(C)C)ncc1-c1ccccc1. The van der Waals surface area contributed by atoms with E-state index in [0.717, 1.165) is 5.69 Å². The molecule has 0 aliphatic heterocycles. The highest BCUT2D eigenvalue weighted by molar-refractivity contribution is 5.73. The lowest BCUT2D eigenvalue weighted by Gasteiger charge is -2.44. The zero-order valence-electron chi connectivity index (χ0n) is 19.1. The van der Waals surface area contributed by atoms with Crippen molar-refractivity contribution in [3.05, 3.63) is 77.0 Å². The molecule has 0 unspecified atom stereocenters. The fourth-order valence-corrected chi connectivity index (χ4v) is 5.10. The molecule has 0 saturated heterocycles. The van der Waals surface area contributed by atoms with Crippen LogP contribution in [0.5, 0.6) is 0 Å². The van der Waals surface area contributed by atoms with E-state index in [1.54, 1.807) is 0 Å². The predicted molar refractivity (Wildman–Crippen MR) is 124 cm³/mol. The Kier molecular flexibility index (Phi) is 4.31. The van der Waals surface area contributed by atoms with E-state index >= 15 is 0 Å². The highest BCUT2D eigenvalue weighted by Gasteiger charge is 2.56. The minimum absolute atomic E-state index is 0.104. The highest BCUT2D eigenvalue weighted by Crippen LogP contribution is 2.62. The monoisotopic (exact) mass is 383 g/mol. The summed E-state index contributed by atoms with van der Waals surface area (Å²) in [5.41, 5.74) is 10.7.